The third-order valence-electron chi connectivity index (χ3n) is 1.22. The van der Waals surface area contributed by atoms with Gasteiger partial charge in [-0.15, -0.1) is 0 Å². The third-order valence-corrected chi connectivity index (χ3v) is 2.33. The van der Waals surface area contributed by atoms with Crippen molar-refractivity contribution in [3.63, 3.8) is 0 Å². The molecule has 56 valence electrons. The molecular formula is C5H12NO2S-. The van der Waals surface area contributed by atoms with E-state index in [1.807, 2.05) is 6.92 Å². The van der Waals surface area contributed by atoms with Crippen LogP contribution in [0.4, 0.5) is 0 Å². The maximum atomic E-state index is 10.3. The van der Waals surface area contributed by atoms with Gasteiger partial charge in [0.2, 0.25) is 0 Å². The Bertz CT molecular complexity index is 97.0. The average molecular weight is 150 g/mol. The quantitative estimate of drug-likeness (QED) is 0.573. The van der Waals surface area contributed by atoms with Crippen molar-refractivity contribution in [2.75, 3.05) is 6.54 Å². The minimum Gasteiger partial charge on any atom is -0.772 e. The molecule has 0 heterocycles. The van der Waals surface area contributed by atoms with Gasteiger partial charge in [0.15, 0.2) is 0 Å². The largest absolute Gasteiger partial charge is 0.772 e. The first-order chi connectivity index (χ1) is 4.22. The Hall–Kier alpha value is 0.0700. The van der Waals surface area contributed by atoms with E-state index >= 15 is 0 Å². The van der Waals surface area contributed by atoms with E-state index in [0.29, 0.717) is 19.4 Å². The highest BCUT2D eigenvalue weighted by Gasteiger charge is 2.03. The van der Waals surface area contributed by atoms with E-state index < -0.39 is 11.1 Å². The zero-order valence-corrected chi connectivity index (χ0v) is 6.32. The van der Waals surface area contributed by atoms with Crippen LogP contribution in [-0.4, -0.2) is 20.6 Å². The summed E-state index contributed by atoms with van der Waals surface area (Å²) in [5.74, 6) is 0. The number of nitrogens with two attached hydrogens (primary N) is 1. The molecule has 0 bridgehead atoms. The number of hydrogen-bond acceptors (Lipinski definition) is 3. The molecule has 2 N–H and O–H groups in total. The molecule has 4 heteroatoms. The van der Waals surface area contributed by atoms with Crippen molar-refractivity contribution in [1.29, 1.82) is 0 Å². The van der Waals surface area contributed by atoms with E-state index in [0.717, 1.165) is 0 Å². The maximum Gasteiger partial charge on any atom is 0.0225 e. The molecule has 0 fully saturated rings. The van der Waals surface area contributed by atoms with Gasteiger partial charge in [0, 0.05) is 5.25 Å². The van der Waals surface area contributed by atoms with Gasteiger partial charge in [-0.1, -0.05) is 18.0 Å². The molecule has 0 aromatic heterocycles. The van der Waals surface area contributed by atoms with E-state index in [1.165, 1.54) is 0 Å². The van der Waals surface area contributed by atoms with Gasteiger partial charge in [-0.25, -0.2) is 0 Å². The van der Waals surface area contributed by atoms with Gasteiger partial charge in [-0.2, -0.15) is 0 Å². The first-order valence-corrected chi connectivity index (χ1v) is 4.14. The fraction of sp³-hybridized carbons (Fsp3) is 1.00. The van der Waals surface area contributed by atoms with Gasteiger partial charge in [0.05, 0.1) is 0 Å². The molecular weight excluding hydrogens is 138 g/mol. The average Bonchev–Trinajstić information content (AvgIpc) is 1.82. The van der Waals surface area contributed by atoms with Crippen LogP contribution in [0.25, 0.3) is 0 Å². The van der Waals surface area contributed by atoms with Crippen molar-refractivity contribution in [3.05, 3.63) is 0 Å². The molecule has 0 aromatic rings. The third kappa shape index (κ3) is 3.61. The summed E-state index contributed by atoms with van der Waals surface area (Å²) >= 11 is -1.93. The maximum absolute atomic E-state index is 10.3. The second kappa shape index (κ2) is 4.90. The van der Waals surface area contributed by atoms with Gasteiger partial charge in [0.25, 0.3) is 0 Å². The van der Waals surface area contributed by atoms with Crippen LogP contribution >= 0.6 is 0 Å². The molecule has 2 atom stereocenters. The summed E-state index contributed by atoms with van der Waals surface area (Å²) in [7, 11) is 0. The lowest BCUT2D eigenvalue weighted by molar-refractivity contribution is 0.513. The summed E-state index contributed by atoms with van der Waals surface area (Å²) in [6, 6.07) is 0. The van der Waals surface area contributed by atoms with Crippen molar-refractivity contribution in [2.24, 2.45) is 5.73 Å². The summed E-state index contributed by atoms with van der Waals surface area (Å²) in [6.07, 6.45) is 1.24. The molecule has 3 nitrogen and oxygen atoms in total. The summed E-state index contributed by atoms with van der Waals surface area (Å²) in [6.45, 7) is 2.29. The van der Waals surface area contributed by atoms with E-state index in [9.17, 15) is 8.76 Å². The summed E-state index contributed by atoms with van der Waals surface area (Å²) in [4.78, 5) is 0. The van der Waals surface area contributed by atoms with Crippen molar-refractivity contribution >= 4 is 11.1 Å². The highest BCUT2D eigenvalue weighted by molar-refractivity contribution is 7.79. The highest BCUT2D eigenvalue weighted by Crippen LogP contribution is 2.02. The molecule has 0 amide bonds. The van der Waals surface area contributed by atoms with Crippen LogP contribution in [0.3, 0.4) is 0 Å². The Balaban J connectivity index is 3.54. The fourth-order valence-corrected chi connectivity index (χ4v) is 1.22. The minimum atomic E-state index is -1.93. The second-order valence-electron chi connectivity index (χ2n) is 1.87. The molecule has 0 saturated heterocycles. The SMILES string of the molecule is CCC(CCN)S(=O)[O-]. The van der Waals surface area contributed by atoms with Crippen LogP contribution in [0, 0.1) is 0 Å². The zero-order valence-electron chi connectivity index (χ0n) is 5.50. The van der Waals surface area contributed by atoms with Crippen LogP contribution in [0.5, 0.6) is 0 Å². The van der Waals surface area contributed by atoms with Gasteiger partial charge in [-0.3, -0.25) is 4.21 Å². The van der Waals surface area contributed by atoms with Gasteiger partial charge in [0.1, 0.15) is 0 Å². The standard InChI is InChI=1S/C5H13NO2S/c1-2-5(3-4-6)9(7)8/h5H,2-4,6H2,1H3,(H,7,8)/p-1. The van der Waals surface area contributed by atoms with Crippen molar-refractivity contribution < 1.29 is 8.76 Å². The molecule has 0 aliphatic heterocycles. The number of hydrogen-bond donors (Lipinski definition) is 1. The predicted molar refractivity (Wildman–Crippen MR) is 36.7 cm³/mol. The van der Waals surface area contributed by atoms with Gasteiger partial charge < -0.3 is 10.3 Å². The van der Waals surface area contributed by atoms with Crippen LogP contribution in [0.1, 0.15) is 19.8 Å². The van der Waals surface area contributed by atoms with Crippen LogP contribution < -0.4 is 5.73 Å². The Morgan fingerprint density at radius 3 is 2.44 bits per heavy atom. The Labute approximate surface area is 57.9 Å². The molecule has 0 aliphatic rings. The predicted octanol–water partition coefficient (Wildman–Crippen LogP) is -0.00710. The molecule has 0 aromatic carbocycles. The molecule has 0 aliphatic carbocycles. The first-order valence-electron chi connectivity index (χ1n) is 3.00. The molecule has 0 rings (SSSR count). The highest BCUT2D eigenvalue weighted by atomic mass is 32.2. The van der Waals surface area contributed by atoms with Gasteiger partial charge in [-0.05, 0) is 19.4 Å². The van der Waals surface area contributed by atoms with Crippen molar-refractivity contribution in [1.82, 2.24) is 0 Å². The summed E-state index contributed by atoms with van der Waals surface area (Å²) in [5.41, 5.74) is 5.17. The van der Waals surface area contributed by atoms with E-state index in [1.54, 1.807) is 0 Å². The molecule has 9 heavy (non-hydrogen) atoms. The monoisotopic (exact) mass is 150 g/mol. The second-order valence-corrected chi connectivity index (χ2v) is 3.06. The van der Waals surface area contributed by atoms with Gasteiger partial charge >= 0.3 is 0 Å². The normalized spacial score (nSPS) is 17.2. The topological polar surface area (TPSA) is 66.2 Å². The lowest BCUT2D eigenvalue weighted by Crippen LogP contribution is -2.17. The van der Waals surface area contributed by atoms with E-state index in [-0.39, 0.29) is 5.25 Å². The van der Waals surface area contributed by atoms with Crippen molar-refractivity contribution in [2.45, 2.75) is 25.0 Å². The molecule has 0 saturated carbocycles. The Morgan fingerprint density at radius 2 is 2.33 bits per heavy atom. The fourth-order valence-electron chi connectivity index (χ4n) is 0.622. The zero-order chi connectivity index (χ0) is 7.28. The van der Waals surface area contributed by atoms with Crippen molar-refractivity contribution in [3.8, 4) is 0 Å². The lowest BCUT2D eigenvalue weighted by atomic mass is 10.2. The van der Waals surface area contributed by atoms with Crippen LogP contribution in [0.2, 0.25) is 0 Å². The lowest BCUT2D eigenvalue weighted by Gasteiger charge is -2.15. The van der Waals surface area contributed by atoms with Crippen LogP contribution in [-0.2, 0) is 11.1 Å². The summed E-state index contributed by atoms with van der Waals surface area (Å²) < 4.78 is 20.5. The first kappa shape index (κ1) is 9.07. The summed E-state index contributed by atoms with van der Waals surface area (Å²) in [5, 5.41) is -0.241. The number of rotatable bonds is 4. The van der Waals surface area contributed by atoms with E-state index in [4.69, 9.17) is 5.73 Å². The Kier molecular flexibility index (Phi) is 4.94. The van der Waals surface area contributed by atoms with Crippen LogP contribution in [0.15, 0.2) is 0 Å². The minimum absolute atomic E-state index is 0.241. The Morgan fingerprint density at radius 1 is 1.78 bits per heavy atom. The van der Waals surface area contributed by atoms with E-state index in [2.05, 4.69) is 0 Å². The molecule has 0 spiro atoms. The molecule has 0 radical (unpaired) electrons. The molecule has 2 unspecified atom stereocenters. The smallest absolute Gasteiger partial charge is 0.0225 e.